The number of nitrogens with zero attached hydrogens (tertiary/aromatic N) is 2. The van der Waals surface area contributed by atoms with Crippen LogP contribution >= 0.6 is 0 Å². The molecule has 1 aromatic rings. The molecule has 2 heterocycles. The number of amides is 2. The van der Waals surface area contributed by atoms with Gasteiger partial charge in [0.1, 0.15) is 0 Å². The van der Waals surface area contributed by atoms with Crippen LogP contribution in [0.3, 0.4) is 0 Å². The largest absolute Gasteiger partial charge is 0.454 e. The number of hydrogen-bond donors (Lipinski definition) is 1. The van der Waals surface area contributed by atoms with Crippen molar-refractivity contribution in [3.8, 4) is 11.5 Å². The molecular formula is C18H25N3O3. The molecule has 24 heavy (non-hydrogen) atoms. The Labute approximate surface area is 142 Å². The number of fused-ring (bicyclic) bond motifs is 1. The molecule has 4 rings (SSSR count). The molecule has 130 valence electrons. The predicted octanol–water partition coefficient (Wildman–Crippen LogP) is 2.36. The van der Waals surface area contributed by atoms with Crippen molar-refractivity contribution >= 4 is 6.03 Å². The van der Waals surface area contributed by atoms with E-state index in [-0.39, 0.29) is 18.9 Å². The van der Waals surface area contributed by atoms with Gasteiger partial charge in [0.25, 0.3) is 0 Å². The molecule has 1 aliphatic carbocycles. The van der Waals surface area contributed by atoms with Crippen LogP contribution in [0.1, 0.15) is 37.8 Å². The normalized spacial score (nSPS) is 22.1. The second-order valence-corrected chi connectivity index (χ2v) is 6.89. The molecule has 1 N–H and O–H groups in total. The third-order valence-electron chi connectivity index (χ3n) is 5.43. The van der Waals surface area contributed by atoms with E-state index >= 15 is 0 Å². The number of piperazine rings is 1. The van der Waals surface area contributed by atoms with Crippen molar-refractivity contribution < 1.29 is 14.3 Å². The van der Waals surface area contributed by atoms with E-state index in [0.29, 0.717) is 0 Å². The quantitative estimate of drug-likeness (QED) is 0.924. The van der Waals surface area contributed by atoms with Gasteiger partial charge >= 0.3 is 6.03 Å². The Morgan fingerprint density at radius 3 is 2.62 bits per heavy atom. The molecule has 1 saturated heterocycles. The van der Waals surface area contributed by atoms with Crippen LogP contribution in [0.25, 0.3) is 0 Å². The van der Waals surface area contributed by atoms with Gasteiger partial charge in [0.05, 0.1) is 6.04 Å². The summed E-state index contributed by atoms with van der Waals surface area (Å²) >= 11 is 0. The van der Waals surface area contributed by atoms with Gasteiger partial charge in [-0.3, -0.25) is 4.90 Å². The lowest BCUT2D eigenvalue weighted by Gasteiger charge is -2.43. The van der Waals surface area contributed by atoms with E-state index < -0.39 is 0 Å². The van der Waals surface area contributed by atoms with Crippen molar-refractivity contribution in [3.63, 3.8) is 0 Å². The average Bonchev–Trinajstić information content (AvgIpc) is 3.01. The van der Waals surface area contributed by atoms with Gasteiger partial charge in [-0.05, 0) is 37.5 Å². The van der Waals surface area contributed by atoms with E-state index in [1.54, 1.807) is 0 Å². The smallest absolute Gasteiger partial charge is 0.317 e. The Morgan fingerprint density at radius 2 is 1.92 bits per heavy atom. The van der Waals surface area contributed by atoms with Gasteiger partial charge in [-0.2, -0.15) is 0 Å². The molecule has 0 aromatic heterocycles. The van der Waals surface area contributed by atoms with Gasteiger partial charge in [0, 0.05) is 32.2 Å². The van der Waals surface area contributed by atoms with E-state index in [1.165, 1.54) is 19.3 Å². The van der Waals surface area contributed by atoms with Crippen LogP contribution in [0, 0.1) is 0 Å². The molecule has 2 amide bonds. The summed E-state index contributed by atoms with van der Waals surface area (Å²) in [4.78, 5) is 17.0. The van der Waals surface area contributed by atoms with E-state index in [4.69, 9.17) is 9.47 Å². The number of benzene rings is 1. The Kier molecular flexibility index (Phi) is 4.22. The van der Waals surface area contributed by atoms with Crippen LogP contribution in [-0.4, -0.2) is 54.8 Å². The minimum absolute atomic E-state index is 0.0217. The van der Waals surface area contributed by atoms with Crippen LogP contribution in [0.5, 0.6) is 11.5 Å². The van der Waals surface area contributed by atoms with Gasteiger partial charge in [0.2, 0.25) is 6.79 Å². The number of hydrogen-bond acceptors (Lipinski definition) is 4. The summed E-state index contributed by atoms with van der Waals surface area (Å²) in [6, 6.07) is 6.56. The summed E-state index contributed by atoms with van der Waals surface area (Å²) in [5, 5.41) is 3.10. The van der Waals surface area contributed by atoms with Crippen molar-refractivity contribution in [1.29, 1.82) is 0 Å². The van der Waals surface area contributed by atoms with Crippen LogP contribution in [0.2, 0.25) is 0 Å². The first-order valence-electron chi connectivity index (χ1n) is 8.90. The maximum Gasteiger partial charge on any atom is 0.317 e. The summed E-state index contributed by atoms with van der Waals surface area (Å²) in [6.07, 6.45) is 4.01. The maximum absolute atomic E-state index is 12.5. The first-order chi connectivity index (χ1) is 11.7. The molecule has 3 aliphatic rings. The van der Waals surface area contributed by atoms with Gasteiger partial charge in [-0.25, -0.2) is 4.79 Å². The molecule has 2 aliphatic heterocycles. The summed E-state index contributed by atoms with van der Waals surface area (Å²) < 4.78 is 10.7. The lowest BCUT2D eigenvalue weighted by atomic mass is 9.91. The summed E-state index contributed by atoms with van der Waals surface area (Å²) in [6.45, 7) is 5.89. The highest BCUT2D eigenvalue weighted by atomic mass is 16.7. The molecule has 6 heteroatoms. The lowest BCUT2D eigenvalue weighted by molar-refractivity contribution is 0.0724. The average molecular weight is 331 g/mol. The number of rotatable bonds is 3. The summed E-state index contributed by atoms with van der Waals surface area (Å²) in [5.74, 6) is 1.52. The first-order valence-corrected chi connectivity index (χ1v) is 8.90. The zero-order valence-corrected chi connectivity index (χ0v) is 14.2. The van der Waals surface area contributed by atoms with Gasteiger partial charge in [-0.1, -0.05) is 12.5 Å². The van der Waals surface area contributed by atoms with Crippen LogP contribution < -0.4 is 14.8 Å². The fraction of sp³-hybridized carbons (Fsp3) is 0.611. The van der Waals surface area contributed by atoms with Gasteiger partial charge in [-0.15, -0.1) is 0 Å². The monoisotopic (exact) mass is 331 g/mol. The van der Waals surface area contributed by atoms with Crippen molar-refractivity contribution in [1.82, 2.24) is 15.1 Å². The molecule has 0 bridgehead atoms. The van der Waals surface area contributed by atoms with Crippen molar-refractivity contribution in [2.45, 2.75) is 38.3 Å². The SMILES string of the molecule is CC(NC(=O)N1CCN(C2CCC2)CC1)c1ccc2c(c1)OCO2. The van der Waals surface area contributed by atoms with E-state index in [2.05, 4.69) is 10.2 Å². The standard InChI is InChI=1S/C18H25N3O3/c1-13(14-5-6-16-17(11-14)24-12-23-16)19-18(22)21-9-7-20(8-10-21)15-3-2-4-15/h5-6,11,13,15H,2-4,7-10,12H2,1H3,(H,19,22). The van der Waals surface area contributed by atoms with Gasteiger partial charge in [0.15, 0.2) is 11.5 Å². The molecule has 1 aromatic carbocycles. The summed E-state index contributed by atoms with van der Waals surface area (Å²) in [7, 11) is 0. The first kappa shape index (κ1) is 15.6. The number of carbonyl (C=O) groups excluding carboxylic acids is 1. The maximum atomic E-state index is 12.5. The molecule has 0 spiro atoms. The van der Waals surface area contributed by atoms with E-state index in [9.17, 15) is 4.79 Å². The second-order valence-electron chi connectivity index (χ2n) is 6.89. The molecule has 2 fully saturated rings. The minimum atomic E-state index is -0.0586. The Hall–Kier alpha value is -1.95. The zero-order chi connectivity index (χ0) is 16.5. The van der Waals surface area contributed by atoms with Crippen LogP contribution in [-0.2, 0) is 0 Å². The third-order valence-corrected chi connectivity index (χ3v) is 5.43. The lowest BCUT2D eigenvalue weighted by Crippen LogP contribution is -2.55. The fourth-order valence-corrected chi connectivity index (χ4v) is 3.58. The van der Waals surface area contributed by atoms with Crippen molar-refractivity contribution in [2.75, 3.05) is 33.0 Å². The fourth-order valence-electron chi connectivity index (χ4n) is 3.58. The van der Waals surface area contributed by atoms with Crippen LogP contribution in [0.4, 0.5) is 4.79 Å². The van der Waals surface area contributed by atoms with E-state index in [0.717, 1.165) is 49.3 Å². The molecule has 1 atom stereocenters. The van der Waals surface area contributed by atoms with Gasteiger partial charge < -0.3 is 19.7 Å². The van der Waals surface area contributed by atoms with Crippen molar-refractivity contribution in [2.24, 2.45) is 0 Å². The number of ether oxygens (including phenoxy) is 2. The number of urea groups is 1. The number of carbonyl (C=O) groups is 1. The third kappa shape index (κ3) is 3.02. The van der Waals surface area contributed by atoms with Crippen LogP contribution in [0.15, 0.2) is 18.2 Å². The zero-order valence-electron chi connectivity index (χ0n) is 14.2. The Bertz CT molecular complexity index is 610. The molecule has 1 unspecified atom stereocenters. The highest BCUT2D eigenvalue weighted by Gasteiger charge is 2.29. The topological polar surface area (TPSA) is 54.0 Å². The molecule has 1 saturated carbocycles. The van der Waals surface area contributed by atoms with Crippen molar-refractivity contribution in [3.05, 3.63) is 23.8 Å². The number of nitrogens with one attached hydrogen (secondary N) is 1. The molecular weight excluding hydrogens is 306 g/mol. The Balaban J connectivity index is 1.31. The Morgan fingerprint density at radius 1 is 1.17 bits per heavy atom. The second kappa shape index (κ2) is 6.51. The van der Waals surface area contributed by atoms with E-state index in [1.807, 2.05) is 30.0 Å². The minimum Gasteiger partial charge on any atom is -0.454 e. The predicted molar refractivity (Wildman–Crippen MR) is 90.3 cm³/mol. The highest BCUT2D eigenvalue weighted by Crippen LogP contribution is 2.34. The molecule has 6 nitrogen and oxygen atoms in total. The molecule has 0 radical (unpaired) electrons. The highest BCUT2D eigenvalue weighted by molar-refractivity contribution is 5.75. The summed E-state index contributed by atoms with van der Waals surface area (Å²) in [5.41, 5.74) is 1.03.